The lowest BCUT2D eigenvalue weighted by atomic mass is 9.94. The molecular formula is C48H30N2S. The Kier molecular flexibility index (Phi) is 6.16. The third-order valence-corrected chi connectivity index (χ3v) is 11.7. The maximum Gasteiger partial charge on any atom is 0.0647 e. The molecule has 0 unspecified atom stereocenters. The monoisotopic (exact) mass is 666 g/mol. The summed E-state index contributed by atoms with van der Waals surface area (Å²) in [6, 6.07) is 66.6. The first-order valence-corrected chi connectivity index (χ1v) is 18.3. The second-order valence-electron chi connectivity index (χ2n) is 13.3. The SMILES string of the molecule is c1ccc(-n2c3ccccc3c3c2cc(-c2cccc(-c4cccc5c4sc4ccccc45)c2)c2c4ccccc4n(-c4ccccc4)c23)cc1. The molecular weight excluding hydrogens is 637 g/mol. The maximum absolute atomic E-state index is 2.49. The van der Waals surface area contributed by atoms with Gasteiger partial charge in [-0.2, -0.15) is 0 Å². The number of aromatic nitrogens is 2. The van der Waals surface area contributed by atoms with Crippen LogP contribution in [0.1, 0.15) is 0 Å². The van der Waals surface area contributed by atoms with E-state index in [0.29, 0.717) is 0 Å². The molecule has 238 valence electrons. The number of hydrogen-bond acceptors (Lipinski definition) is 1. The van der Waals surface area contributed by atoms with Gasteiger partial charge in [-0.1, -0.05) is 127 Å². The van der Waals surface area contributed by atoms with Crippen LogP contribution in [0, 0.1) is 0 Å². The number of fused-ring (bicyclic) bond motifs is 10. The van der Waals surface area contributed by atoms with E-state index in [9.17, 15) is 0 Å². The number of rotatable bonds is 4. The summed E-state index contributed by atoms with van der Waals surface area (Å²) in [7, 11) is 0. The molecule has 3 heterocycles. The molecule has 0 radical (unpaired) electrons. The fourth-order valence-corrected chi connectivity index (χ4v) is 9.60. The van der Waals surface area contributed by atoms with Gasteiger partial charge in [-0.3, -0.25) is 0 Å². The minimum Gasteiger partial charge on any atom is -0.309 e. The zero-order chi connectivity index (χ0) is 33.5. The van der Waals surface area contributed by atoms with E-state index < -0.39 is 0 Å². The average Bonchev–Trinajstić information content (AvgIpc) is 3.86. The van der Waals surface area contributed by atoms with Crippen molar-refractivity contribution in [2.24, 2.45) is 0 Å². The van der Waals surface area contributed by atoms with Crippen molar-refractivity contribution >= 4 is 75.1 Å². The summed E-state index contributed by atoms with van der Waals surface area (Å²) >= 11 is 1.89. The van der Waals surface area contributed by atoms with Gasteiger partial charge in [0.1, 0.15) is 0 Å². The van der Waals surface area contributed by atoms with Crippen LogP contribution in [0.4, 0.5) is 0 Å². The Bertz CT molecular complexity index is 3130. The minimum atomic E-state index is 1.15. The Morgan fingerprint density at radius 3 is 1.65 bits per heavy atom. The van der Waals surface area contributed by atoms with Gasteiger partial charge in [0.05, 0.1) is 22.1 Å². The fraction of sp³-hybridized carbons (Fsp3) is 0. The van der Waals surface area contributed by atoms with Gasteiger partial charge in [-0.15, -0.1) is 11.3 Å². The molecule has 0 fully saturated rings. The molecule has 11 rings (SSSR count). The van der Waals surface area contributed by atoms with Gasteiger partial charge in [0, 0.05) is 53.1 Å². The zero-order valence-corrected chi connectivity index (χ0v) is 28.4. The van der Waals surface area contributed by atoms with Crippen LogP contribution in [0.25, 0.3) is 97.4 Å². The number of para-hydroxylation sites is 4. The van der Waals surface area contributed by atoms with Crippen LogP contribution < -0.4 is 0 Å². The van der Waals surface area contributed by atoms with Crippen LogP contribution >= 0.6 is 11.3 Å². The molecule has 3 aromatic heterocycles. The largest absolute Gasteiger partial charge is 0.309 e. The summed E-state index contributed by atoms with van der Waals surface area (Å²) in [5.74, 6) is 0. The third kappa shape index (κ3) is 4.16. The van der Waals surface area contributed by atoms with Crippen LogP contribution in [0.15, 0.2) is 182 Å². The van der Waals surface area contributed by atoms with E-state index in [0.717, 1.165) is 11.4 Å². The predicted octanol–water partition coefficient (Wildman–Crippen LogP) is 13.6. The van der Waals surface area contributed by atoms with Crippen LogP contribution in [0.3, 0.4) is 0 Å². The van der Waals surface area contributed by atoms with Crippen molar-refractivity contribution in [3.05, 3.63) is 182 Å². The lowest BCUT2D eigenvalue weighted by Crippen LogP contribution is -1.96. The molecule has 51 heavy (non-hydrogen) atoms. The second kappa shape index (κ2) is 11.0. The molecule has 0 bridgehead atoms. The van der Waals surface area contributed by atoms with Crippen molar-refractivity contribution in [3.63, 3.8) is 0 Å². The molecule has 0 spiro atoms. The Morgan fingerprint density at radius 1 is 0.353 bits per heavy atom. The summed E-state index contributed by atoms with van der Waals surface area (Å²) in [4.78, 5) is 0. The lowest BCUT2D eigenvalue weighted by Gasteiger charge is -2.14. The number of hydrogen-bond donors (Lipinski definition) is 0. The Hall–Kier alpha value is -6.42. The van der Waals surface area contributed by atoms with E-state index in [-0.39, 0.29) is 0 Å². The minimum absolute atomic E-state index is 1.15. The first-order valence-electron chi connectivity index (χ1n) is 17.4. The highest BCUT2D eigenvalue weighted by molar-refractivity contribution is 7.26. The van der Waals surface area contributed by atoms with Crippen molar-refractivity contribution in [3.8, 4) is 33.6 Å². The quantitative estimate of drug-likeness (QED) is 0.177. The van der Waals surface area contributed by atoms with Crippen molar-refractivity contribution < 1.29 is 0 Å². The molecule has 0 aliphatic carbocycles. The summed E-state index contributed by atoms with van der Waals surface area (Å²) in [5.41, 5.74) is 12.1. The van der Waals surface area contributed by atoms with E-state index in [4.69, 9.17) is 0 Å². The van der Waals surface area contributed by atoms with Gasteiger partial charge in [0.15, 0.2) is 0 Å². The predicted molar refractivity (Wildman–Crippen MR) is 219 cm³/mol. The molecule has 0 N–H and O–H groups in total. The topological polar surface area (TPSA) is 9.86 Å². The molecule has 0 saturated carbocycles. The van der Waals surface area contributed by atoms with E-state index in [2.05, 4.69) is 191 Å². The molecule has 0 amide bonds. The first-order chi connectivity index (χ1) is 25.3. The number of thiophene rings is 1. The molecule has 11 aromatic rings. The zero-order valence-electron chi connectivity index (χ0n) is 27.6. The smallest absolute Gasteiger partial charge is 0.0647 e. The van der Waals surface area contributed by atoms with E-state index in [1.165, 1.54) is 86.0 Å². The van der Waals surface area contributed by atoms with Crippen LogP contribution in [0.2, 0.25) is 0 Å². The second-order valence-corrected chi connectivity index (χ2v) is 14.3. The van der Waals surface area contributed by atoms with Crippen LogP contribution in [-0.2, 0) is 0 Å². The van der Waals surface area contributed by atoms with E-state index in [1.807, 2.05) is 11.3 Å². The van der Waals surface area contributed by atoms with Crippen molar-refractivity contribution in [1.82, 2.24) is 9.13 Å². The van der Waals surface area contributed by atoms with Gasteiger partial charge < -0.3 is 9.13 Å². The van der Waals surface area contributed by atoms with Gasteiger partial charge in [0.25, 0.3) is 0 Å². The van der Waals surface area contributed by atoms with E-state index >= 15 is 0 Å². The van der Waals surface area contributed by atoms with Crippen LogP contribution in [0.5, 0.6) is 0 Å². The highest BCUT2D eigenvalue weighted by Crippen LogP contribution is 2.47. The summed E-state index contributed by atoms with van der Waals surface area (Å²) < 4.78 is 7.59. The standard InChI is InChI=1S/C48H30N2S/c1-3-17-33(18-4-1)49-41-26-10-8-23-39(41)46-43(49)30-40(45-38-22-7-11-27-42(38)50(47(45)46)34-19-5-2-6-20-34)32-16-13-15-31(29-32)35-24-14-25-37-36-21-9-12-28-44(36)51-48(35)37/h1-30H. The fourth-order valence-electron chi connectivity index (χ4n) is 8.36. The van der Waals surface area contributed by atoms with Crippen molar-refractivity contribution in [2.45, 2.75) is 0 Å². The summed E-state index contributed by atoms with van der Waals surface area (Å²) in [6.45, 7) is 0. The Labute approximate surface area is 298 Å². The molecule has 3 heteroatoms. The van der Waals surface area contributed by atoms with Crippen molar-refractivity contribution in [2.75, 3.05) is 0 Å². The molecule has 2 nitrogen and oxygen atoms in total. The first kappa shape index (κ1) is 28.4. The number of benzene rings is 8. The Morgan fingerprint density at radius 2 is 0.902 bits per heavy atom. The maximum atomic E-state index is 2.49. The highest BCUT2D eigenvalue weighted by atomic mass is 32.1. The molecule has 8 aromatic carbocycles. The van der Waals surface area contributed by atoms with Gasteiger partial charge in [0.2, 0.25) is 0 Å². The van der Waals surface area contributed by atoms with E-state index in [1.54, 1.807) is 0 Å². The normalized spacial score (nSPS) is 11.9. The molecule has 0 atom stereocenters. The molecule has 0 aliphatic rings. The molecule has 0 aliphatic heterocycles. The number of nitrogens with zero attached hydrogens (tertiary/aromatic N) is 2. The van der Waals surface area contributed by atoms with Gasteiger partial charge in [-0.25, -0.2) is 0 Å². The summed E-state index contributed by atoms with van der Waals surface area (Å²) in [5, 5.41) is 7.68. The van der Waals surface area contributed by atoms with Crippen molar-refractivity contribution in [1.29, 1.82) is 0 Å². The van der Waals surface area contributed by atoms with Crippen LogP contribution in [-0.4, -0.2) is 9.13 Å². The lowest BCUT2D eigenvalue weighted by molar-refractivity contribution is 1.17. The third-order valence-electron chi connectivity index (χ3n) is 10.5. The Balaban J connectivity index is 1.30. The highest BCUT2D eigenvalue weighted by Gasteiger charge is 2.24. The van der Waals surface area contributed by atoms with Gasteiger partial charge >= 0.3 is 0 Å². The average molecular weight is 667 g/mol. The summed E-state index contributed by atoms with van der Waals surface area (Å²) in [6.07, 6.45) is 0. The van der Waals surface area contributed by atoms with Gasteiger partial charge in [-0.05, 0) is 76.9 Å². The molecule has 0 saturated heterocycles.